The number of aryl methyl sites for hydroxylation is 1. The number of anilines is 1. The van der Waals surface area contributed by atoms with E-state index >= 15 is 0 Å². The molecule has 2 atom stereocenters. The van der Waals surface area contributed by atoms with Crippen molar-refractivity contribution in [1.29, 1.82) is 0 Å². The fourth-order valence-electron chi connectivity index (χ4n) is 2.79. The molecule has 0 saturated carbocycles. The van der Waals surface area contributed by atoms with E-state index in [4.69, 9.17) is 0 Å². The first-order valence-electron chi connectivity index (χ1n) is 7.71. The normalized spacial score (nSPS) is 22.7. The van der Waals surface area contributed by atoms with Crippen LogP contribution < -0.4 is 4.90 Å². The highest BCUT2D eigenvalue weighted by atomic mass is 19.4. The molecular formula is C15H23F3N4O. The minimum Gasteiger partial charge on any atom is -0.391 e. The molecule has 1 fully saturated rings. The zero-order chi connectivity index (χ0) is 17.0. The molecule has 1 saturated heterocycles. The van der Waals surface area contributed by atoms with Gasteiger partial charge in [0.25, 0.3) is 0 Å². The van der Waals surface area contributed by atoms with E-state index in [-0.39, 0.29) is 12.3 Å². The number of piperidine rings is 1. The maximum absolute atomic E-state index is 12.3. The molecule has 0 unspecified atom stereocenters. The highest BCUT2D eigenvalue weighted by Gasteiger charge is 2.30. The van der Waals surface area contributed by atoms with Gasteiger partial charge in [0.1, 0.15) is 0 Å². The van der Waals surface area contributed by atoms with E-state index in [1.807, 2.05) is 23.9 Å². The molecule has 23 heavy (non-hydrogen) atoms. The van der Waals surface area contributed by atoms with Crippen LogP contribution in [0, 0.1) is 5.92 Å². The molecule has 0 amide bonds. The Morgan fingerprint density at radius 3 is 2.74 bits per heavy atom. The molecule has 0 aromatic carbocycles. The molecule has 1 aliphatic rings. The summed E-state index contributed by atoms with van der Waals surface area (Å²) >= 11 is 0. The van der Waals surface area contributed by atoms with Crippen molar-refractivity contribution in [2.24, 2.45) is 5.92 Å². The molecule has 130 valence electrons. The molecular weight excluding hydrogens is 309 g/mol. The fourth-order valence-corrected chi connectivity index (χ4v) is 2.79. The van der Waals surface area contributed by atoms with Gasteiger partial charge in [-0.05, 0) is 33.0 Å². The molecule has 5 nitrogen and oxygen atoms in total. The van der Waals surface area contributed by atoms with Gasteiger partial charge in [-0.1, -0.05) is 0 Å². The number of aliphatic hydroxyl groups excluding tert-OH is 1. The first kappa shape index (κ1) is 17.9. The molecule has 2 rings (SSSR count). The van der Waals surface area contributed by atoms with Gasteiger partial charge in [-0.3, -0.25) is 0 Å². The highest BCUT2D eigenvalue weighted by molar-refractivity contribution is 5.31. The predicted octanol–water partition coefficient (Wildman–Crippen LogP) is 1.72. The minimum absolute atomic E-state index is 0.154. The van der Waals surface area contributed by atoms with Crippen LogP contribution >= 0.6 is 0 Å². The number of alkyl halides is 3. The van der Waals surface area contributed by atoms with Crippen molar-refractivity contribution >= 4 is 5.95 Å². The summed E-state index contributed by atoms with van der Waals surface area (Å²) in [5.41, 5.74) is 0.372. The lowest BCUT2D eigenvalue weighted by Crippen LogP contribution is -2.47. The number of aromatic nitrogens is 2. The average Bonchev–Trinajstić information content (AvgIpc) is 2.46. The number of hydrogen-bond acceptors (Lipinski definition) is 5. The van der Waals surface area contributed by atoms with Gasteiger partial charge in [-0.2, -0.15) is 13.2 Å². The van der Waals surface area contributed by atoms with E-state index in [1.54, 1.807) is 0 Å². The Bertz CT molecular complexity index is 510. The summed E-state index contributed by atoms with van der Waals surface area (Å²) in [7, 11) is 3.93. The molecule has 8 heteroatoms. The fraction of sp³-hybridized carbons (Fsp3) is 0.733. The Morgan fingerprint density at radius 1 is 1.39 bits per heavy atom. The Labute approximate surface area is 134 Å². The quantitative estimate of drug-likeness (QED) is 0.890. The first-order valence-corrected chi connectivity index (χ1v) is 7.71. The lowest BCUT2D eigenvalue weighted by atomic mass is 9.93. The first-order chi connectivity index (χ1) is 10.7. The Hall–Kier alpha value is -1.41. The van der Waals surface area contributed by atoms with Crippen molar-refractivity contribution in [3.63, 3.8) is 0 Å². The maximum Gasteiger partial charge on any atom is 0.389 e. The predicted molar refractivity (Wildman–Crippen MR) is 81.3 cm³/mol. The molecule has 1 aliphatic heterocycles. The molecule has 0 bridgehead atoms. The van der Waals surface area contributed by atoms with Crippen molar-refractivity contribution in [1.82, 2.24) is 14.9 Å². The van der Waals surface area contributed by atoms with E-state index in [0.29, 0.717) is 24.7 Å². The summed E-state index contributed by atoms with van der Waals surface area (Å²) in [6, 6.07) is 1.50. The molecule has 0 aliphatic carbocycles. The summed E-state index contributed by atoms with van der Waals surface area (Å²) in [5, 5.41) is 10.3. The molecule has 1 N–H and O–H groups in total. The van der Waals surface area contributed by atoms with Crippen molar-refractivity contribution in [3.05, 3.63) is 18.0 Å². The van der Waals surface area contributed by atoms with Crippen molar-refractivity contribution in [2.75, 3.05) is 38.6 Å². The van der Waals surface area contributed by atoms with Gasteiger partial charge in [0.05, 0.1) is 6.10 Å². The van der Waals surface area contributed by atoms with Crippen LogP contribution in [0.2, 0.25) is 0 Å². The van der Waals surface area contributed by atoms with Crippen LogP contribution in [0.3, 0.4) is 0 Å². The maximum atomic E-state index is 12.3. The Morgan fingerprint density at radius 2 is 2.13 bits per heavy atom. The van der Waals surface area contributed by atoms with Gasteiger partial charge in [0.15, 0.2) is 0 Å². The van der Waals surface area contributed by atoms with Crippen molar-refractivity contribution in [2.45, 2.75) is 31.5 Å². The van der Waals surface area contributed by atoms with E-state index < -0.39 is 18.7 Å². The topological polar surface area (TPSA) is 52.5 Å². The van der Waals surface area contributed by atoms with E-state index in [1.165, 1.54) is 12.3 Å². The third kappa shape index (κ3) is 5.62. The van der Waals surface area contributed by atoms with Gasteiger partial charge in [-0.25, -0.2) is 9.97 Å². The molecule has 1 aromatic rings. The summed E-state index contributed by atoms with van der Waals surface area (Å²) in [6.07, 6.45) is -3.45. The second kappa shape index (κ2) is 7.44. The lowest BCUT2D eigenvalue weighted by molar-refractivity contribution is -0.134. The molecule has 1 aromatic heterocycles. The van der Waals surface area contributed by atoms with Crippen LogP contribution in [0.4, 0.5) is 19.1 Å². The third-order valence-electron chi connectivity index (χ3n) is 3.97. The van der Waals surface area contributed by atoms with Crippen LogP contribution in [0.5, 0.6) is 0 Å². The molecule has 0 radical (unpaired) electrons. The van der Waals surface area contributed by atoms with Crippen molar-refractivity contribution in [3.8, 4) is 0 Å². The second-order valence-corrected chi connectivity index (χ2v) is 6.29. The van der Waals surface area contributed by atoms with Crippen LogP contribution in [0.15, 0.2) is 12.3 Å². The number of aliphatic hydroxyl groups is 1. The number of rotatable bonds is 5. The van der Waals surface area contributed by atoms with E-state index in [9.17, 15) is 18.3 Å². The van der Waals surface area contributed by atoms with Crippen molar-refractivity contribution < 1.29 is 18.3 Å². The highest BCUT2D eigenvalue weighted by Crippen LogP contribution is 2.24. The monoisotopic (exact) mass is 332 g/mol. The number of hydrogen-bond donors (Lipinski definition) is 1. The second-order valence-electron chi connectivity index (χ2n) is 6.29. The zero-order valence-corrected chi connectivity index (χ0v) is 13.4. The standard InChI is InChI=1S/C15H23F3N4O/c1-21(2)9-11-5-8-22(10-13(11)23)14-19-7-4-12(20-14)3-6-15(16,17)18/h4,7,11,13,23H,3,5-6,8-10H2,1-2H3/t11-,13+/m0/s1. The number of halogens is 3. The van der Waals surface area contributed by atoms with Gasteiger partial charge < -0.3 is 14.9 Å². The third-order valence-corrected chi connectivity index (χ3v) is 3.97. The van der Waals surface area contributed by atoms with E-state index in [2.05, 4.69) is 9.97 Å². The number of nitrogens with zero attached hydrogens (tertiary/aromatic N) is 4. The summed E-state index contributed by atoms with van der Waals surface area (Å²) < 4.78 is 36.9. The Balaban J connectivity index is 1.97. The van der Waals surface area contributed by atoms with Gasteiger partial charge in [-0.15, -0.1) is 0 Å². The average molecular weight is 332 g/mol. The molecule has 2 heterocycles. The van der Waals surface area contributed by atoms with Gasteiger partial charge >= 0.3 is 6.18 Å². The smallest absolute Gasteiger partial charge is 0.389 e. The lowest BCUT2D eigenvalue weighted by Gasteiger charge is -2.37. The van der Waals surface area contributed by atoms with Crippen LogP contribution in [-0.4, -0.2) is 66.0 Å². The molecule has 0 spiro atoms. The Kier molecular flexibility index (Phi) is 5.80. The largest absolute Gasteiger partial charge is 0.391 e. The van der Waals surface area contributed by atoms with Gasteiger partial charge in [0.2, 0.25) is 5.95 Å². The van der Waals surface area contributed by atoms with Crippen LogP contribution in [0.1, 0.15) is 18.5 Å². The zero-order valence-electron chi connectivity index (χ0n) is 13.4. The summed E-state index contributed by atoms with van der Waals surface area (Å²) in [5.74, 6) is 0.585. The van der Waals surface area contributed by atoms with Crippen LogP contribution in [0.25, 0.3) is 0 Å². The summed E-state index contributed by atoms with van der Waals surface area (Å²) in [4.78, 5) is 12.2. The SMILES string of the molecule is CN(C)C[C@@H]1CCN(c2nccc(CCC(F)(F)F)n2)C[C@H]1O. The number of β-amino-alcohol motifs (C(OH)–C–C–N with tert-alkyl or cyclic N) is 1. The van der Waals surface area contributed by atoms with Gasteiger partial charge in [0, 0.05) is 43.9 Å². The van der Waals surface area contributed by atoms with Crippen LogP contribution in [-0.2, 0) is 6.42 Å². The summed E-state index contributed by atoms with van der Waals surface area (Å²) in [6.45, 7) is 1.90. The minimum atomic E-state index is -4.19. The van der Waals surface area contributed by atoms with E-state index in [0.717, 1.165) is 13.0 Å².